The normalized spacial score (nSPS) is 12.2. The van der Waals surface area contributed by atoms with Crippen molar-refractivity contribution in [2.45, 2.75) is 25.9 Å². The second-order valence-electron chi connectivity index (χ2n) is 5.08. The van der Waals surface area contributed by atoms with E-state index in [2.05, 4.69) is 29.5 Å². The Morgan fingerprint density at radius 2 is 2.17 bits per heavy atom. The highest BCUT2D eigenvalue weighted by Gasteiger charge is 2.13. The van der Waals surface area contributed by atoms with Crippen LogP contribution in [-0.2, 0) is 6.54 Å². The molecule has 98 valence electrons. The van der Waals surface area contributed by atoms with Crippen LogP contribution >= 0.6 is 0 Å². The molecule has 0 saturated carbocycles. The lowest BCUT2D eigenvalue weighted by atomic mass is 10.1. The maximum absolute atomic E-state index is 11.0. The molecule has 0 aliphatic rings. The van der Waals surface area contributed by atoms with Crippen LogP contribution in [0.4, 0.5) is 0 Å². The van der Waals surface area contributed by atoms with Crippen LogP contribution in [0.1, 0.15) is 19.4 Å². The second-order valence-corrected chi connectivity index (χ2v) is 5.08. The number of fused-ring (bicyclic) bond motifs is 1. The molecule has 2 aromatic rings. The van der Waals surface area contributed by atoms with Crippen molar-refractivity contribution in [3.05, 3.63) is 34.3 Å². The monoisotopic (exact) mass is 249 g/mol. The van der Waals surface area contributed by atoms with Gasteiger partial charge in [-0.25, -0.2) is 4.79 Å². The lowest BCUT2D eigenvalue weighted by Crippen LogP contribution is -2.45. The molecular formula is C13H19N3O2. The van der Waals surface area contributed by atoms with Gasteiger partial charge >= 0.3 is 5.76 Å². The number of hydrogen-bond donors (Lipinski definition) is 3. The number of nitrogens with one attached hydrogen (secondary N) is 3. The maximum atomic E-state index is 11.0. The molecule has 0 spiro atoms. The molecule has 1 aromatic heterocycles. The van der Waals surface area contributed by atoms with Gasteiger partial charge < -0.3 is 15.1 Å². The average Bonchev–Trinajstić information content (AvgIpc) is 2.68. The van der Waals surface area contributed by atoms with E-state index in [4.69, 9.17) is 4.42 Å². The van der Waals surface area contributed by atoms with Crippen molar-refractivity contribution >= 4 is 11.1 Å². The highest BCUT2D eigenvalue weighted by atomic mass is 16.4. The lowest BCUT2D eigenvalue weighted by Gasteiger charge is -2.24. The third kappa shape index (κ3) is 3.00. The smallest absolute Gasteiger partial charge is 0.408 e. The van der Waals surface area contributed by atoms with Gasteiger partial charge in [0.2, 0.25) is 0 Å². The molecule has 0 aliphatic carbocycles. The van der Waals surface area contributed by atoms with Gasteiger partial charge in [0, 0.05) is 18.6 Å². The highest BCUT2D eigenvalue weighted by molar-refractivity contribution is 5.72. The molecule has 5 heteroatoms. The Kier molecular flexibility index (Phi) is 3.54. The Morgan fingerprint density at radius 3 is 2.89 bits per heavy atom. The van der Waals surface area contributed by atoms with Crippen LogP contribution in [0.2, 0.25) is 0 Å². The van der Waals surface area contributed by atoms with Gasteiger partial charge in [0.15, 0.2) is 5.58 Å². The molecule has 3 N–H and O–H groups in total. The van der Waals surface area contributed by atoms with Crippen molar-refractivity contribution in [3.63, 3.8) is 0 Å². The number of aromatic nitrogens is 1. The SMILES string of the molecule is CNC(C)(C)CNCc1ccc2[nH]c(=O)oc2c1. The summed E-state index contributed by atoms with van der Waals surface area (Å²) in [7, 11) is 1.95. The first-order chi connectivity index (χ1) is 8.50. The van der Waals surface area contributed by atoms with Crippen molar-refractivity contribution in [2.75, 3.05) is 13.6 Å². The third-order valence-electron chi connectivity index (χ3n) is 3.06. The molecule has 18 heavy (non-hydrogen) atoms. The summed E-state index contributed by atoms with van der Waals surface area (Å²) in [5.41, 5.74) is 2.49. The number of likely N-dealkylation sites (N-methyl/N-ethyl adjacent to an activating group) is 1. The minimum Gasteiger partial charge on any atom is -0.408 e. The predicted molar refractivity (Wildman–Crippen MR) is 71.7 cm³/mol. The molecule has 5 nitrogen and oxygen atoms in total. The summed E-state index contributed by atoms with van der Waals surface area (Å²) in [5.74, 6) is -0.411. The molecule has 0 radical (unpaired) electrons. The number of oxazole rings is 1. The standard InChI is InChI=1S/C13H19N3O2/c1-13(2,14-3)8-15-7-9-4-5-10-11(6-9)18-12(17)16-10/h4-6,14-15H,7-8H2,1-3H3,(H,16,17). The summed E-state index contributed by atoms with van der Waals surface area (Å²) in [6.07, 6.45) is 0. The molecule has 0 saturated heterocycles. The molecule has 2 rings (SSSR count). The zero-order valence-electron chi connectivity index (χ0n) is 11.0. The van der Waals surface area contributed by atoms with Crippen molar-refractivity contribution < 1.29 is 4.42 Å². The second kappa shape index (κ2) is 4.96. The first-order valence-corrected chi connectivity index (χ1v) is 6.01. The zero-order chi connectivity index (χ0) is 13.2. The largest absolute Gasteiger partial charge is 0.417 e. The summed E-state index contributed by atoms with van der Waals surface area (Å²) in [5, 5.41) is 6.61. The van der Waals surface area contributed by atoms with Crippen molar-refractivity contribution in [1.82, 2.24) is 15.6 Å². The molecule has 0 aliphatic heterocycles. The van der Waals surface area contributed by atoms with Crippen molar-refractivity contribution in [1.29, 1.82) is 0 Å². The fraction of sp³-hybridized carbons (Fsp3) is 0.462. The van der Waals surface area contributed by atoms with E-state index in [0.29, 0.717) is 5.58 Å². The van der Waals surface area contributed by atoms with Crippen LogP contribution in [0.15, 0.2) is 27.4 Å². The molecule has 0 bridgehead atoms. The van der Waals surface area contributed by atoms with E-state index >= 15 is 0 Å². The summed E-state index contributed by atoms with van der Waals surface area (Å²) >= 11 is 0. The fourth-order valence-corrected chi connectivity index (χ4v) is 1.71. The van der Waals surface area contributed by atoms with Crippen LogP contribution < -0.4 is 16.4 Å². The Bertz CT molecular complexity index is 583. The molecule has 0 fully saturated rings. The molecule has 0 amide bonds. The van der Waals surface area contributed by atoms with Crippen LogP contribution in [0, 0.1) is 0 Å². The van der Waals surface area contributed by atoms with Crippen LogP contribution in [0.5, 0.6) is 0 Å². The van der Waals surface area contributed by atoms with Crippen LogP contribution in [-0.4, -0.2) is 24.1 Å². The Morgan fingerprint density at radius 1 is 1.39 bits per heavy atom. The molecule has 0 unspecified atom stereocenters. The zero-order valence-corrected chi connectivity index (χ0v) is 11.0. The first kappa shape index (κ1) is 12.9. The van der Waals surface area contributed by atoms with E-state index in [9.17, 15) is 4.79 Å². The number of hydrogen-bond acceptors (Lipinski definition) is 4. The highest BCUT2D eigenvalue weighted by Crippen LogP contribution is 2.12. The lowest BCUT2D eigenvalue weighted by molar-refractivity contribution is 0.393. The Balaban J connectivity index is 2.01. The van der Waals surface area contributed by atoms with Crippen LogP contribution in [0.25, 0.3) is 11.1 Å². The summed E-state index contributed by atoms with van der Waals surface area (Å²) in [6, 6.07) is 5.72. The van der Waals surface area contributed by atoms with E-state index in [1.807, 2.05) is 25.2 Å². The topological polar surface area (TPSA) is 70.1 Å². The van der Waals surface area contributed by atoms with Gasteiger partial charge in [-0.3, -0.25) is 4.98 Å². The quantitative estimate of drug-likeness (QED) is 0.745. The number of aromatic amines is 1. The van der Waals surface area contributed by atoms with E-state index in [1.54, 1.807) is 0 Å². The molecule has 1 aromatic carbocycles. The van der Waals surface area contributed by atoms with Gasteiger partial charge in [0.25, 0.3) is 0 Å². The Labute approximate surface area is 106 Å². The van der Waals surface area contributed by atoms with Crippen molar-refractivity contribution in [2.24, 2.45) is 0 Å². The minimum absolute atomic E-state index is 0.0603. The van der Waals surface area contributed by atoms with Gasteiger partial charge in [-0.05, 0) is 38.6 Å². The third-order valence-corrected chi connectivity index (χ3v) is 3.06. The molecular weight excluding hydrogens is 230 g/mol. The fourth-order valence-electron chi connectivity index (χ4n) is 1.71. The summed E-state index contributed by atoms with van der Waals surface area (Å²) < 4.78 is 5.03. The average molecular weight is 249 g/mol. The number of H-pyrrole nitrogens is 1. The minimum atomic E-state index is -0.411. The van der Waals surface area contributed by atoms with Gasteiger partial charge in [-0.15, -0.1) is 0 Å². The molecule has 0 atom stereocenters. The predicted octanol–water partition coefficient (Wildman–Crippen LogP) is 1.21. The van der Waals surface area contributed by atoms with E-state index in [1.165, 1.54) is 0 Å². The van der Waals surface area contributed by atoms with Gasteiger partial charge in [-0.1, -0.05) is 6.07 Å². The maximum Gasteiger partial charge on any atom is 0.417 e. The van der Waals surface area contributed by atoms with E-state index < -0.39 is 5.76 Å². The summed E-state index contributed by atoms with van der Waals surface area (Å²) in [4.78, 5) is 13.7. The molecule has 1 heterocycles. The van der Waals surface area contributed by atoms with E-state index in [0.717, 1.165) is 24.2 Å². The number of benzene rings is 1. The summed E-state index contributed by atoms with van der Waals surface area (Å²) in [6.45, 7) is 5.87. The first-order valence-electron chi connectivity index (χ1n) is 6.01. The van der Waals surface area contributed by atoms with Gasteiger partial charge in [0.1, 0.15) is 0 Å². The van der Waals surface area contributed by atoms with E-state index in [-0.39, 0.29) is 5.54 Å². The Hall–Kier alpha value is -1.59. The van der Waals surface area contributed by atoms with Crippen molar-refractivity contribution in [3.8, 4) is 0 Å². The van der Waals surface area contributed by atoms with Gasteiger partial charge in [-0.2, -0.15) is 0 Å². The van der Waals surface area contributed by atoms with Crippen LogP contribution in [0.3, 0.4) is 0 Å². The number of rotatable bonds is 5. The van der Waals surface area contributed by atoms with Gasteiger partial charge in [0.05, 0.1) is 5.52 Å².